The number of benzene rings is 1. The summed E-state index contributed by atoms with van der Waals surface area (Å²) in [5.41, 5.74) is 0.750. The highest BCUT2D eigenvalue weighted by Crippen LogP contribution is 2.25. The van der Waals surface area contributed by atoms with Crippen molar-refractivity contribution in [3.8, 4) is 5.75 Å². The number of thiazole rings is 1. The lowest BCUT2D eigenvalue weighted by molar-refractivity contribution is 0.0752. The summed E-state index contributed by atoms with van der Waals surface area (Å²) in [5, 5.41) is 4.35. The first-order valence-corrected chi connectivity index (χ1v) is 9.80. The van der Waals surface area contributed by atoms with Crippen molar-refractivity contribution in [2.45, 2.75) is 44.9 Å². The van der Waals surface area contributed by atoms with Gasteiger partial charge in [-0.2, -0.15) is 0 Å². The zero-order valence-corrected chi connectivity index (χ0v) is 15.5. The highest BCUT2D eigenvalue weighted by atomic mass is 32.1. The van der Waals surface area contributed by atoms with Crippen LogP contribution in [0.25, 0.3) is 0 Å². The number of carbonyl (C=O) groups is 1. The maximum atomic E-state index is 13.0. The first-order valence-electron chi connectivity index (χ1n) is 8.98. The molecule has 7 heteroatoms. The largest absolute Gasteiger partial charge is 0.486 e. The standard InChI is InChI=1S/C19H22FN3O2S/c1-12-18(19(24)23-9-8-14-4-5-15(10-23)22-14)26-17(21-12)11-25-16-6-2-13(20)3-7-16/h2-3,6-7,14-15,22H,4-5,8-11H2,1H3. The van der Waals surface area contributed by atoms with Crippen molar-refractivity contribution in [1.82, 2.24) is 15.2 Å². The molecule has 5 nitrogen and oxygen atoms in total. The number of ether oxygens (including phenoxy) is 1. The molecule has 1 aromatic carbocycles. The number of rotatable bonds is 4. The predicted molar refractivity (Wildman–Crippen MR) is 98.0 cm³/mol. The summed E-state index contributed by atoms with van der Waals surface area (Å²) in [6.07, 6.45) is 3.38. The van der Waals surface area contributed by atoms with Gasteiger partial charge in [-0.05, 0) is 50.5 Å². The number of nitrogens with zero attached hydrogens (tertiary/aromatic N) is 2. The quantitative estimate of drug-likeness (QED) is 0.892. The second-order valence-electron chi connectivity index (χ2n) is 6.94. The van der Waals surface area contributed by atoms with E-state index in [0.29, 0.717) is 22.7 Å². The maximum Gasteiger partial charge on any atom is 0.265 e. The Morgan fingerprint density at radius 1 is 1.31 bits per heavy atom. The van der Waals surface area contributed by atoms with Crippen LogP contribution in [-0.4, -0.2) is 41.0 Å². The molecule has 0 spiro atoms. The van der Waals surface area contributed by atoms with Crippen molar-refractivity contribution in [3.63, 3.8) is 0 Å². The van der Waals surface area contributed by atoms with Crippen molar-refractivity contribution < 1.29 is 13.9 Å². The molecule has 2 atom stereocenters. The number of carbonyl (C=O) groups excluding carboxylic acids is 1. The number of fused-ring (bicyclic) bond motifs is 2. The molecule has 0 radical (unpaired) electrons. The van der Waals surface area contributed by atoms with E-state index in [9.17, 15) is 9.18 Å². The molecule has 2 fully saturated rings. The van der Waals surface area contributed by atoms with Gasteiger partial charge in [-0.1, -0.05) is 0 Å². The molecule has 2 aliphatic heterocycles. The van der Waals surface area contributed by atoms with Crippen LogP contribution in [-0.2, 0) is 6.61 Å². The van der Waals surface area contributed by atoms with Crippen LogP contribution in [0.15, 0.2) is 24.3 Å². The average molecular weight is 375 g/mol. The van der Waals surface area contributed by atoms with E-state index in [2.05, 4.69) is 10.3 Å². The smallest absolute Gasteiger partial charge is 0.265 e. The Morgan fingerprint density at radius 3 is 2.88 bits per heavy atom. The molecule has 26 heavy (non-hydrogen) atoms. The third-order valence-electron chi connectivity index (χ3n) is 5.02. The van der Waals surface area contributed by atoms with Gasteiger partial charge in [-0.15, -0.1) is 11.3 Å². The summed E-state index contributed by atoms with van der Waals surface area (Å²) in [4.78, 5) is 20.1. The normalized spacial score (nSPS) is 22.3. The van der Waals surface area contributed by atoms with Crippen molar-refractivity contribution in [2.75, 3.05) is 13.1 Å². The van der Waals surface area contributed by atoms with Gasteiger partial charge in [0.15, 0.2) is 0 Å². The molecular formula is C19H22FN3O2S. The van der Waals surface area contributed by atoms with Gasteiger partial charge in [0.05, 0.1) is 5.69 Å². The fourth-order valence-corrected chi connectivity index (χ4v) is 4.61. The Morgan fingerprint density at radius 2 is 2.08 bits per heavy atom. The number of hydrogen-bond donors (Lipinski definition) is 1. The topological polar surface area (TPSA) is 54.5 Å². The van der Waals surface area contributed by atoms with Crippen molar-refractivity contribution in [1.29, 1.82) is 0 Å². The van der Waals surface area contributed by atoms with Crippen molar-refractivity contribution in [2.24, 2.45) is 0 Å². The van der Waals surface area contributed by atoms with Crippen LogP contribution in [0, 0.1) is 12.7 Å². The highest BCUT2D eigenvalue weighted by molar-refractivity contribution is 7.13. The van der Waals surface area contributed by atoms with Gasteiger partial charge in [0.25, 0.3) is 5.91 Å². The highest BCUT2D eigenvalue weighted by Gasteiger charge is 2.32. The Bertz CT molecular complexity index is 793. The number of hydrogen-bond acceptors (Lipinski definition) is 5. The lowest BCUT2D eigenvalue weighted by atomic mass is 10.1. The van der Waals surface area contributed by atoms with Crippen LogP contribution in [0.3, 0.4) is 0 Å². The molecule has 1 N–H and O–H groups in total. The van der Waals surface area contributed by atoms with Gasteiger partial charge in [0, 0.05) is 25.2 Å². The van der Waals surface area contributed by atoms with Gasteiger partial charge in [-0.3, -0.25) is 4.79 Å². The molecular weight excluding hydrogens is 353 g/mol. The van der Waals surface area contributed by atoms with E-state index in [1.165, 1.54) is 29.9 Å². The second kappa shape index (κ2) is 7.32. The van der Waals surface area contributed by atoms with E-state index in [1.54, 1.807) is 12.1 Å². The minimum atomic E-state index is -0.295. The fourth-order valence-electron chi connectivity index (χ4n) is 3.66. The van der Waals surface area contributed by atoms with Crippen LogP contribution in [0.1, 0.15) is 39.6 Å². The van der Waals surface area contributed by atoms with E-state index in [4.69, 9.17) is 4.74 Å². The van der Waals surface area contributed by atoms with E-state index in [0.717, 1.165) is 36.6 Å². The minimum Gasteiger partial charge on any atom is -0.486 e. The Hall–Kier alpha value is -1.99. The van der Waals surface area contributed by atoms with Crippen LogP contribution < -0.4 is 10.1 Å². The number of aryl methyl sites for hydroxylation is 1. The lowest BCUT2D eigenvalue weighted by Crippen LogP contribution is -2.39. The maximum absolute atomic E-state index is 13.0. The van der Waals surface area contributed by atoms with Crippen LogP contribution in [0.2, 0.25) is 0 Å². The zero-order valence-electron chi connectivity index (χ0n) is 14.7. The molecule has 1 aromatic heterocycles. The van der Waals surface area contributed by atoms with E-state index < -0.39 is 0 Å². The van der Waals surface area contributed by atoms with Crippen molar-refractivity contribution in [3.05, 3.63) is 45.7 Å². The summed E-state index contributed by atoms with van der Waals surface area (Å²) in [5.74, 6) is 0.361. The molecule has 138 valence electrons. The summed E-state index contributed by atoms with van der Waals surface area (Å²) in [6, 6.07) is 6.86. The van der Waals surface area contributed by atoms with Gasteiger partial charge in [0.1, 0.15) is 28.1 Å². The molecule has 2 bridgehead atoms. The third-order valence-corrected chi connectivity index (χ3v) is 6.14. The third kappa shape index (κ3) is 3.73. The van der Waals surface area contributed by atoms with Gasteiger partial charge < -0.3 is 15.0 Å². The first-order chi connectivity index (χ1) is 12.6. The average Bonchev–Trinajstić information content (AvgIpc) is 3.15. The molecule has 2 aromatic rings. The second-order valence-corrected chi connectivity index (χ2v) is 8.03. The SMILES string of the molecule is Cc1nc(COc2ccc(F)cc2)sc1C(=O)N1CCC2CCC(C1)N2. The summed E-state index contributed by atoms with van der Waals surface area (Å²) in [7, 11) is 0. The zero-order chi connectivity index (χ0) is 18.1. The Kier molecular flexibility index (Phi) is 4.91. The number of halogens is 1. The van der Waals surface area contributed by atoms with Gasteiger partial charge in [-0.25, -0.2) is 9.37 Å². The van der Waals surface area contributed by atoms with Crippen LogP contribution >= 0.6 is 11.3 Å². The fraction of sp³-hybridized carbons (Fsp3) is 0.474. The van der Waals surface area contributed by atoms with E-state index in [-0.39, 0.29) is 18.3 Å². The predicted octanol–water partition coefficient (Wildman–Crippen LogP) is 3.14. The number of amides is 1. The molecule has 2 aliphatic rings. The minimum absolute atomic E-state index is 0.0717. The Balaban J connectivity index is 1.42. The number of likely N-dealkylation sites (tertiary alicyclic amines) is 1. The lowest BCUT2D eigenvalue weighted by Gasteiger charge is -2.23. The molecule has 4 rings (SSSR count). The molecule has 2 unspecified atom stereocenters. The van der Waals surface area contributed by atoms with Crippen molar-refractivity contribution >= 4 is 17.2 Å². The summed E-state index contributed by atoms with van der Waals surface area (Å²) < 4.78 is 18.6. The first kappa shape index (κ1) is 17.4. The van der Waals surface area contributed by atoms with Gasteiger partial charge >= 0.3 is 0 Å². The molecule has 2 saturated heterocycles. The Labute approximate surface area is 156 Å². The van der Waals surface area contributed by atoms with Crippen LogP contribution in [0.5, 0.6) is 5.75 Å². The number of nitrogens with one attached hydrogen (secondary N) is 1. The molecule has 0 saturated carbocycles. The van der Waals surface area contributed by atoms with E-state index >= 15 is 0 Å². The van der Waals surface area contributed by atoms with E-state index in [1.807, 2.05) is 11.8 Å². The molecule has 3 heterocycles. The summed E-state index contributed by atoms with van der Waals surface area (Å²) in [6.45, 7) is 3.71. The monoisotopic (exact) mass is 375 g/mol. The number of aromatic nitrogens is 1. The summed E-state index contributed by atoms with van der Waals surface area (Å²) >= 11 is 1.39. The molecule has 1 amide bonds. The van der Waals surface area contributed by atoms with Crippen LogP contribution in [0.4, 0.5) is 4.39 Å². The van der Waals surface area contributed by atoms with Gasteiger partial charge in [0.2, 0.25) is 0 Å². The molecule has 0 aliphatic carbocycles.